The largest absolute Gasteiger partial charge is 0.497 e. The zero-order chi connectivity index (χ0) is 16.5. The van der Waals surface area contributed by atoms with Crippen LogP contribution in [0.25, 0.3) is 21.8 Å². The average molecular weight is 372 g/mol. The Kier molecular flexibility index (Phi) is 4.93. The van der Waals surface area contributed by atoms with Gasteiger partial charge in [0.2, 0.25) is 0 Å². The second kappa shape index (κ2) is 7.13. The molecule has 0 aliphatic rings. The minimum atomic E-state index is 0. The third-order valence-corrected chi connectivity index (χ3v) is 4.12. The zero-order valence-electron chi connectivity index (χ0n) is 13.4. The number of benzene rings is 2. The minimum Gasteiger partial charge on any atom is -0.497 e. The van der Waals surface area contributed by atoms with E-state index in [0.717, 1.165) is 38.9 Å². The van der Waals surface area contributed by atoms with E-state index in [0.29, 0.717) is 5.02 Å². The number of aromatic nitrogens is 2. The number of nitrogens with zero attached hydrogens (tertiary/aromatic N) is 2. The lowest BCUT2D eigenvalue weighted by molar-refractivity contribution is 0.415. The quantitative estimate of drug-likeness (QED) is 0.508. The number of halogens is 2. The molecule has 4 nitrogen and oxygen atoms in total. The Bertz CT molecular complexity index is 1050. The first-order valence-corrected chi connectivity index (χ1v) is 7.86. The maximum atomic E-state index is 6.06. The van der Waals surface area contributed by atoms with Crippen LogP contribution >= 0.6 is 24.0 Å². The van der Waals surface area contributed by atoms with E-state index in [-0.39, 0.29) is 12.4 Å². The first-order valence-electron chi connectivity index (χ1n) is 7.49. The summed E-state index contributed by atoms with van der Waals surface area (Å²) in [6, 6.07) is 15.4. The van der Waals surface area contributed by atoms with E-state index in [2.05, 4.69) is 15.3 Å². The molecule has 0 saturated carbocycles. The number of hydrogen-bond donors (Lipinski definition) is 1. The molecular formula is C19H15Cl2N3O. The Hall–Kier alpha value is -2.56. The van der Waals surface area contributed by atoms with Crippen molar-refractivity contribution in [1.82, 2.24) is 9.97 Å². The fraction of sp³-hybridized carbons (Fsp3) is 0.0526. The van der Waals surface area contributed by atoms with Crippen molar-refractivity contribution in [3.05, 3.63) is 65.9 Å². The van der Waals surface area contributed by atoms with E-state index in [4.69, 9.17) is 16.3 Å². The molecule has 6 heteroatoms. The van der Waals surface area contributed by atoms with Crippen LogP contribution in [0.3, 0.4) is 0 Å². The van der Waals surface area contributed by atoms with Crippen LogP contribution < -0.4 is 10.1 Å². The minimum absolute atomic E-state index is 0. The fourth-order valence-corrected chi connectivity index (χ4v) is 2.92. The first-order chi connectivity index (χ1) is 11.7. The van der Waals surface area contributed by atoms with Gasteiger partial charge in [0.15, 0.2) is 0 Å². The van der Waals surface area contributed by atoms with Crippen molar-refractivity contribution >= 4 is 57.2 Å². The molecule has 25 heavy (non-hydrogen) atoms. The van der Waals surface area contributed by atoms with Crippen LogP contribution in [0.4, 0.5) is 11.4 Å². The Balaban J connectivity index is 0.00000182. The molecule has 1 N–H and O–H groups in total. The molecule has 0 radical (unpaired) electrons. The van der Waals surface area contributed by atoms with E-state index in [9.17, 15) is 0 Å². The molecule has 0 bridgehead atoms. The standard InChI is InChI=1S/C19H14ClN3O.ClH/c1-24-14-9-12-3-2-7-22-19(12)18(11-14)23-16-6-8-21-17-10-13(20)4-5-15(16)17;/h2-11H,1H3,(H,21,23);1H. The summed E-state index contributed by atoms with van der Waals surface area (Å²) in [6.07, 6.45) is 3.54. The number of methoxy groups -OCH3 is 1. The number of anilines is 2. The number of nitrogens with one attached hydrogen (secondary N) is 1. The van der Waals surface area contributed by atoms with Crippen molar-refractivity contribution in [2.45, 2.75) is 0 Å². The maximum absolute atomic E-state index is 6.06. The number of pyridine rings is 2. The van der Waals surface area contributed by atoms with Crippen molar-refractivity contribution in [3.8, 4) is 5.75 Å². The summed E-state index contributed by atoms with van der Waals surface area (Å²) in [7, 11) is 1.66. The van der Waals surface area contributed by atoms with E-state index in [1.54, 1.807) is 19.5 Å². The lowest BCUT2D eigenvalue weighted by atomic mass is 10.1. The zero-order valence-corrected chi connectivity index (χ0v) is 14.9. The molecule has 0 unspecified atom stereocenters. The fourth-order valence-electron chi connectivity index (χ4n) is 2.75. The maximum Gasteiger partial charge on any atom is 0.121 e. The van der Waals surface area contributed by atoms with Crippen molar-refractivity contribution in [2.24, 2.45) is 0 Å². The van der Waals surface area contributed by atoms with Crippen molar-refractivity contribution in [3.63, 3.8) is 0 Å². The molecule has 0 aliphatic heterocycles. The van der Waals surface area contributed by atoms with Crippen molar-refractivity contribution in [2.75, 3.05) is 12.4 Å². The van der Waals surface area contributed by atoms with Crippen molar-refractivity contribution < 1.29 is 4.74 Å². The summed E-state index contributed by atoms with van der Waals surface area (Å²) in [4.78, 5) is 8.87. The molecule has 4 rings (SSSR count). The highest BCUT2D eigenvalue weighted by molar-refractivity contribution is 6.31. The highest BCUT2D eigenvalue weighted by Gasteiger charge is 2.09. The molecule has 0 fully saturated rings. The molecule has 0 aliphatic carbocycles. The lowest BCUT2D eigenvalue weighted by Gasteiger charge is -2.13. The predicted octanol–water partition coefficient (Wildman–Crippen LogP) is 5.61. The monoisotopic (exact) mass is 371 g/mol. The molecule has 2 heterocycles. The second-order valence-corrected chi connectivity index (χ2v) is 5.83. The van der Waals surface area contributed by atoms with Crippen LogP contribution in [0, 0.1) is 0 Å². The van der Waals surface area contributed by atoms with E-state index >= 15 is 0 Å². The summed E-state index contributed by atoms with van der Waals surface area (Å²) in [5.74, 6) is 0.777. The van der Waals surface area contributed by atoms with Crippen LogP contribution in [-0.4, -0.2) is 17.1 Å². The lowest BCUT2D eigenvalue weighted by Crippen LogP contribution is -1.96. The number of rotatable bonds is 3. The van der Waals surface area contributed by atoms with Gasteiger partial charge in [0, 0.05) is 39.9 Å². The summed E-state index contributed by atoms with van der Waals surface area (Å²) >= 11 is 6.06. The molecule has 126 valence electrons. The third-order valence-electron chi connectivity index (χ3n) is 3.89. The van der Waals surface area contributed by atoms with Gasteiger partial charge in [-0.3, -0.25) is 9.97 Å². The molecular weight excluding hydrogens is 357 g/mol. The van der Waals surface area contributed by atoms with Gasteiger partial charge in [0.25, 0.3) is 0 Å². The number of hydrogen-bond acceptors (Lipinski definition) is 4. The summed E-state index contributed by atoms with van der Waals surface area (Å²) in [6.45, 7) is 0. The van der Waals surface area contributed by atoms with Gasteiger partial charge in [0.1, 0.15) is 5.75 Å². The van der Waals surface area contributed by atoms with Gasteiger partial charge in [-0.05, 0) is 36.4 Å². The molecule has 4 aromatic rings. The summed E-state index contributed by atoms with van der Waals surface area (Å²) in [5.41, 5.74) is 3.55. The van der Waals surface area contributed by atoms with Gasteiger partial charge >= 0.3 is 0 Å². The van der Waals surface area contributed by atoms with Crippen LogP contribution in [0.5, 0.6) is 5.75 Å². The third kappa shape index (κ3) is 3.31. The average Bonchev–Trinajstić information content (AvgIpc) is 2.61. The molecule has 0 amide bonds. The van der Waals surface area contributed by atoms with Gasteiger partial charge < -0.3 is 10.1 Å². The van der Waals surface area contributed by atoms with E-state index in [1.807, 2.05) is 48.5 Å². The summed E-state index contributed by atoms with van der Waals surface area (Å²) in [5, 5.41) is 6.13. The van der Waals surface area contributed by atoms with E-state index < -0.39 is 0 Å². The molecule has 0 atom stereocenters. The Morgan fingerprint density at radius 2 is 1.84 bits per heavy atom. The Labute approximate surface area is 156 Å². The van der Waals surface area contributed by atoms with Crippen LogP contribution in [-0.2, 0) is 0 Å². The normalized spacial score (nSPS) is 10.5. The number of ether oxygens (including phenoxy) is 1. The van der Waals surface area contributed by atoms with Gasteiger partial charge in [0.05, 0.1) is 23.8 Å². The van der Waals surface area contributed by atoms with Crippen molar-refractivity contribution in [1.29, 1.82) is 0 Å². The molecule has 0 saturated heterocycles. The Morgan fingerprint density at radius 3 is 2.68 bits per heavy atom. The van der Waals surface area contributed by atoms with Gasteiger partial charge in [-0.2, -0.15) is 0 Å². The van der Waals surface area contributed by atoms with Gasteiger partial charge in [-0.15, -0.1) is 12.4 Å². The van der Waals surface area contributed by atoms with E-state index in [1.165, 1.54) is 0 Å². The van der Waals surface area contributed by atoms with Crippen LogP contribution in [0.15, 0.2) is 60.9 Å². The van der Waals surface area contributed by atoms with Crippen LogP contribution in [0.2, 0.25) is 5.02 Å². The van der Waals surface area contributed by atoms with Crippen LogP contribution in [0.1, 0.15) is 0 Å². The second-order valence-electron chi connectivity index (χ2n) is 5.40. The predicted molar refractivity (Wildman–Crippen MR) is 106 cm³/mol. The van der Waals surface area contributed by atoms with Gasteiger partial charge in [-0.1, -0.05) is 17.7 Å². The molecule has 2 aromatic carbocycles. The smallest absolute Gasteiger partial charge is 0.121 e. The van der Waals surface area contributed by atoms with Gasteiger partial charge in [-0.25, -0.2) is 0 Å². The summed E-state index contributed by atoms with van der Waals surface area (Å²) < 4.78 is 5.41. The Morgan fingerprint density at radius 1 is 0.960 bits per heavy atom. The molecule has 0 spiro atoms. The highest BCUT2D eigenvalue weighted by Crippen LogP contribution is 2.32. The first kappa shape index (κ1) is 17.3. The topological polar surface area (TPSA) is 47.0 Å². The highest BCUT2D eigenvalue weighted by atomic mass is 35.5. The SMILES string of the molecule is COc1cc(Nc2ccnc3cc(Cl)ccc23)c2ncccc2c1.Cl. The molecule has 2 aromatic heterocycles. The number of fused-ring (bicyclic) bond motifs is 2.